The van der Waals surface area contributed by atoms with E-state index in [1.54, 1.807) is 0 Å². The predicted octanol–water partition coefficient (Wildman–Crippen LogP) is -3.35. The Hall–Kier alpha value is -0.250. The maximum Gasteiger partial charge on any atom is 3.00 e. The second-order valence-electron chi connectivity index (χ2n) is 5.65. The monoisotopic (exact) mass is 441 g/mol. The summed E-state index contributed by atoms with van der Waals surface area (Å²) in [6, 6.07) is 6.20. The van der Waals surface area contributed by atoms with Crippen molar-refractivity contribution in [2.75, 3.05) is 6.61 Å². The van der Waals surface area contributed by atoms with Crippen LogP contribution in [0.25, 0.3) is 16.3 Å². The summed E-state index contributed by atoms with van der Waals surface area (Å²) in [7, 11) is -2.14. The van der Waals surface area contributed by atoms with Crippen LogP contribution >= 0.6 is 0 Å². The molecule has 0 aromatic heterocycles. The molecule has 0 spiro atoms. The molecule has 4 rings (SSSR count). The number of hydrogen-bond donors (Lipinski definition) is 1. The molecular weight excluding hydrogens is 426 g/mol. The Balaban J connectivity index is 0.000000882. The average Bonchev–Trinajstić information content (AvgIpc) is 3.02. The Morgan fingerprint density at radius 1 is 1.26 bits per heavy atom. The van der Waals surface area contributed by atoms with Crippen LogP contribution in [0.5, 0.6) is 5.75 Å². The van der Waals surface area contributed by atoms with E-state index < -0.39 is 8.32 Å². The van der Waals surface area contributed by atoms with Gasteiger partial charge in [0.1, 0.15) is 0 Å². The molecule has 0 fully saturated rings. The van der Waals surface area contributed by atoms with Crippen molar-refractivity contribution in [2.45, 2.75) is 19.9 Å². The van der Waals surface area contributed by atoms with Gasteiger partial charge in [0.25, 0.3) is 0 Å². The minimum absolute atomic E-state index is 0. The van der Waals surface area contributed by atoms with Crippen LogP contribution in [-0.2, 0) is 30.6 Å². The molecule has 1 N–H and O–H groups in total. The van der Waals surface area contributed by atoms with Gasteiger partial charge in [-0.3, -0.25) is 0 Å². The number of halogens is 2. The molecule has 0 saturated heterocycles. The molecule has 6 heteroatoms. The molecule has 2 aromatic carbocycles. The summed E-state index contributed by atoms with van der Waals surface area (Å²) < 4.78 is 6.15. The number of hydrogen-bond acceptors (Lipinski definition) is 2. The first-order valence-corrected chi connectivity index (χ1v) is 9.54. The minimum Gasteiger partial charge on any atom is -1.00 e. The van der Waals surface area contributed by atoms with Crippen molar-refractivity contribution in [3.05, 3.63) is 42.0 Å². The molecule has 1 aliphatic heterocycles. The smallest absolute Gasteiger partial charge is 1.00 e. The molecule has 1 radical (unpaired) electrons. The van der Waals surface area contributed by atoms with Crippen molar-refractivity contribution in [2.24, 2.45) is 0 Å². The van der Waals surface area contributed by atoms with Gasteiger partial charge >= 0.3 is 26.2 Å². The molecule has 1 unspecified atom stereocenters. The van der Waals surface area contributed by atoms with Crippen LogP contribution in [0, 0.1) is 0 Å². The van der Waals surface area contributed by atoms with E-state index >= 15 is 0 Å². The topological polar surface area (TPSA) is 29.5 Å². The summed E-state index contributed by atoms with van der Waals surface area (Å²) in [5.41, 5.74) is 2.69. The molecular formula is C17H17Cl2O2SiZr. The van der Waals surface area contributed by atoms with E-state index in [4.69, 9.17) is 4.43 Å². The molecule has 2 aliphatic rings. The molecule has 2 aromatic rings. The first-order chi connectivity index (χ1) is 9.66. The standard InChI is InChI=1S/C17H17O2Si.2ClH.Zr/c1-3-19-20(2)16-13(11-6-4-5-7-11)9-8-12-10-14(18)17(20)15(12)16;;;/h4-6,8-10,18H,3,7H2,1-2H3;2*1H;/q-1;;;+3/p-2. The number of rotatable bonds is 3. The van der Waals surface area contributed by atoms with Crippen molar-refractivity contribution in [1.29, 1.82) is 0 Å². The van der Waals surface area contributed by atoms with Crippen molar-refractivity contribution in [1.82, 2.24) is 0 Å². The third-order valence-electron chi connectivity index (χ3n) is 4.54. The molecule has 1 atom stereocenters. The minimum atomic E-state index is -2.14. The molecule has 119 valence electrons. The van der Waals surface area contributed by atoms with E-state index in [1.165, 1.54) is 21.7 Å². The van der Waals surface area contributed by atoms with Gasteiger partial charge in [-0.2, -0.15) is 0 Å². The zero-order chi connectivity index (χ0) is 13.9. The van der Waals surface area contributed by atoms with Crippen LogP contribution in [0.1, 0.15) is 18.9 Å². The van der Waals surface area contributed by atoms with Gasteiger partial charge in [-0.15, -0.1) is 22.9 Å². The van der Waals surface area contributed by atoms with Crippen LogP contribution < -0.4 is 35.2 Å². The van der Waals surface area contributed by atoms with Crippen LogP contribution in [0.3, 0.4) is 0 Å². The normalized spacial score (nSPS) is 20.2. The average molecular weight is 444 g/mol. The van der Waals surface area contributed by atoms with Gasteiger partial charge in [-0.25, -0.2) is 0 Å². The van der Waals surface area contributed by atoms with Crippen molar-refractivity contribution in [3.8, 4) is 5.75 Å². The number of allylic oxidation sites excluding steroid dienone is 4. The maximum absolute atomic E-state index is 10.2. The van der Waals surface area contributed by atoms with Crippen LogP contribution in [0.15, 0.2) is 36.4 Å². The summed E-state index contributed by atoms with van der Waals surface area (Å²) in [5.74, 6) is 0.422. The van der Waals surface area contributed by atoms with Gasteiger partial charge < -0.3 is 34.3 Å². The van der Waals surface area contributed by atoms with Crippen molar-refractivity contribution >= 4 is 35.0 Å². The molecule has 0 saturated carbocycles. The van der Waals surface area contributed by atoms with Gasteiger partial charge in [0.15, 0.2) is 8.32 Å². The fraction of sp³-hybridized carbons (Fsp3) is 0.235. The molecule has 2 nitrogen and oxygen atoms in total. The Labute approximate surface area is 169 Å². The molecule has 1 aliphatic carbocycles. The maximum atomic E-state index is 10.2. The zero-order valence-corrected chi connectivity index (χ0v) is 18.0. The third kappa shape index (κ3) is 2.73. The van der Waals surface area contributed by atoms with Crippen molar-refractivity contribution < 1.29 is 60.6 Å². The SMILES string of the molecule is CCO[Si]1(C)c2c(C3=CC=CC3)ccc3[cH-]c(O)c1c23.[Cl-].[Cl-].[Zr+3]. The van der Waals surface area contributed by atoms with Crippen molar-refractivity contribution in [3.63, 3.8) is 0 Å². The van der Waals surface area contributed by atoms with Gasteiger partial charge in [0, 0.05) is 12.4 Å². The molecule has 23 heavy (non-hydrogen) atoms. The van der Waals surface area contributed by atoms with Crippen LogP contribution in [0.4, 0.5) is 0 Å². The van der Waals surface area contributed by atoms with E-state index in [0.717, 1.165) is 17.0 Å². The fourth-order valence-electron chi connectivity index (χ4n) is 3.74. The van der Waals surface area contributed by atoms with Gasteiger partial charge in [-0.1, -0.05) is 34.7 Å². The Kier molecular flexibility index (Phi) is 6.62. The number of aromatic hydroxyl groups is 1. The van der Waals surface area contributed by atoms with E-state index in [2.05, 4.69) is 36.9 Å². The number of benzene rings is 1. The van der Waals surface area contributed by atoms with E-state index in [9.17, 15) is 5.11 Å². The van der Waals surface area contributed by atoms with Crippen LogP contribution in [0.2, 0.25) is 6.55 Å². The van der Waals surface area contributed by atoms with Gasteiger partial charge in [0.2, 0.25) is 0 Å². The summed E-state index contributed by atoms with van der Waals surface area (Å²) >= 11 is 0. The second kappa shape index (κ2) is 7.33. The third-order valence-corrected chi connectivity index (χ3v) is 8.34. The molecule has 0 amide bonds. The second-order valence-corrected chi connectivity index (χ2v) is 9.00. The molecule has 0 bridgehead atoms. The van der Waals surface area contributed by atoms with Crippen LogP contribution in [-0.4, -0.2) is 20.0 Å². The Morgan fingerprint density at radius 2 is 2.00 bits per heavy atom. The Bertz CT molecular complexity index is 797. The summed E-state index contributed by atoms with van der Waals surface area (Å²) in [6.07, 6.45) is 7.50. The van der Waals surface area contributed by atoms with Gasteiger partial charge in [0.05, 0.1) is 0 Å². The predicted molar refractivity (Wildman–Crippen MR) is 85.5 cm³/mol. The zero-order valence-electron chi connectivity index (χ0n) is 13.0. The summed E-state index contributed by atoms with van der Waals surface area (Å²) in [6.45, 7) is 4.94. The van der Waals surface area contributed by atoms with E-state index in [1.807, 2.05) is 13.0 Å². The first-order valence-electron chi connectivity index (χ1n) is 7.13. The quantitative estimate of drug-likeness (QED) is 0.397. The molecule has 1 heterocycles. The Morgan fingerprint density at radius 3 is 2.61 bits per heavy atom. The van der Waals surface area contributed by atoms with E-state index in [0.29, 0.717) is 12.4 Å². The summed E-state index contributed by atoms with van der Waals surface area (Å²) in [5, 5.41) is 15.1. The largest absolute Gasteiger partial charge is 3.00 e. The summed E-state index contributed by atoms with van der Waals surface area (Å²) in [4.78, 5) is 0. The van der Waals surface area contributed by atoms with Gasteiger partial charge in [-0.05, 0) is 31.0 Å². The fourth-order valence-corrected chi connectivity index (χ4v) is 7.48. The van der Waals surface area contributed by atoms with E-state index in [-0.39, 0.29) is 51.0 Å². The first kappa shape index (κ1) is 20.8.